The maximum absolute atomic E-state index is 4.26. The van der Waals surface area contributed by atoms with E-state index in [9.17, 15) is 0 Å². The Morgan fingerprint density at radius 2 is 2.15 bits per heavy atom. The van der Waals surface area contributed by atoms with Crippen molar-refractivity contribution in [1.82, 2.24) is 15.6 Å². The summed E-state index contributed by atoms with van der Waals surface area (Å²) in [7, 11) is 1.83. The van der Waals surface area contributed by atoms with Gasteiger partial charge in [0.05, 0.1) is 0 Å². The van der Waals surface area contributed by atoms with Gasteiger partial charge in [0.15, 0.2) is 5.96 Å². The zero-order valence-corrected chi connectivity index (χ0v) is 11.9. The highest BCUT2D eigenvalue weighted by Gasteiger charge is 2.20. The van der Waals surface area contributed by atoms with Gasteiger partial charge in [0, 0.05) is 37.2 Å². The number of guanidine groups is 1. The molecule has 3 N–H and O–H groups in total. The Kier molecular flexibility index (Phi) is 3.90. The van der Waals surface area contributed by atoms with Gasteiger partial charge in [-0.05, 0) is 36.8 Å². The minimum Gasteiger partial charge on any atom is -0.361 e. The van der Waals surface area contributed by atoms with E-state index >= 15 is 0 Å². The van der Waals surface area contributed by atoms with Crippen LogP contribution in [0.2, 0.25) is 0 Å². The fourth-order valence-corrected chi connectivity index (χ4v) is 2.44. The molecule has 0 radical (unpaired) electrons. The number of aliphatic imine (C=N–C) groups is 1. The molecule has 0 amide bonds. The second-order valence-corrected chi connectivity index (χ2v) is 5.43. The Hall–Kier alpha value is -1.97. The quantitative estimate of drug-likeness (QED) is 0.577. The molecule has 1 aromatic carbocycles. The summed E-state index contributed by atoms with van der Waals surface area (Å²) in [6.07, 6.45) is 5.82. The molecule has 4 nitrogen and oxygen atoms in total. The molecule has 0 atom stereocenters. The average molecular weight is 270 g/mol. The fraction of sp³-hybridized carbons (Fsp3) is 0.438. The molecule has 0 aliphatic heterocycles. The van der Waals surface area contributed by atoms with Crippen LogP contribution in [-0.2, 0) is 6.42 Å². The highest BCUT2D eigenvalue weighted by molar-refractivity contribution is 5.83. The van der Waals surface area contributed by atoms with Crippen LogP contribution in [0.5, 0.6) is 0 Å². The third-order valence-corrected chi connectivity index (χ3v) is 3.84. The highest BCUT2D eigenvalue weighted by Crippen LogP contribution is 2.27. The second kappa shape index (κ2) is 5.99. The largest absolute Gasteiger partial charge is 0.361 e. The molecular formula is C16H22N4. The van der Waals surface area contributed by atoms with Crippen LogP contribution < -0.4 is 10.6 Å². The lowest BCUT2D eigenvalue weighted by Gasteiger charge is -2.11. The smallest absolute Gasteiger partial charge is 0.190 e. The molecule has 1 fully saturated rings. The Morgan fingerprint density at radius 1 is 1.30 bits per heavy atom. The molecular weight excluding hydrogens is 248 g/mol. The van der Waals surface area contributed by atoms with Crippen molar-refractivity contribution in [2.45, 2.75) is 19.3 Å². The first-order chi connectivity index (χ1) is 9.86. The van der Waals surface area contributed by atoms with Crippen molar-refractivity contribution >= 4 is 16.9 Å². The normalized spacial score (nSPS) is 15.6. The van der Waals surface area contributed by atoms with Crippen LogP contribution >= 0.6 is 0 Å². The topological polar surface area (TPSA) is 52.2 Å². The minimum atomic E-state index is 0.863. The molecule has 0 spiro atoms. The molecule has 0 bridgehead atoms. The zero-order chi connectivity index (χ0) is 13.8. The van der Waals surface area contributed by atoms with E-state index in [0.717, 1.165) is 31.4 Å². The van der Waals surface area contributed by atoms with Crippen molar-refractivity contribution in [1.29, 1.82) is 0 Å². The zero-order valence-electron chi connectivity index (χ0n) is 11.9. The van der Waals surface area contributed by atoms with Gasteiger partial charge in [0.2, 0.25) is 0 Å². The van der Waals surface area contributed by atoms with Gasteiger partial charge in [-0.3, -0.25) is 4.99 Å². The molecule has 0 saturated heterocycles. The van der Waals surface area contributed by atoms with Crippen LogP contribution in [0.15, 0.2) is 35.5 Å². The van der Waals surface area contributed by atoms with E-state index in [2.05, 4.69) is 51.1 Å². The van der Waals surface area contributed by atoms with Gasteiger partial charge in [0.1, 0.15) is 0 Å². The van der Waals surface area contributed by atoms with Crippen molar-refractivity contribution in [3.8, 4) is 0 Å². The average Bonchev–Trinajstić information content (AvgIpc) is 3.23. The van der Waals surface area contributed by atoms with E-state index in [4.69, 9.17) is 0 Å². The van der Waals surface area contributed by atoms with E-state index < -0.39 is 0 Å². The van der Waals surface area contributed by atoms with Crippen molar-refractivity contribution in [3.05, 3.63) is 36.0 Å². The molecule has 1 heterocycles. The molecule has 1 aliphatic rings. The number of fused-ring (bicyclic) bond motifs is 1. The number of rotatable bonds is 5. The van der Waals surface area contributed by atoms with E-state index in [1.807, 2.05) is 7.05 Å². The van der Waals surface area contributed by atoms with Gasteiger partial charge in [-0.1, -0.05) is 18.2 Å². The summed E-state index contributed by atoms with van der Waals surface area (Å²) in [4.78, 5) is 7.57. The first kappa shape index (κ1) is 13.0. The summed E-state index contributed by atoms with van der Waals surface area (Å²) in [5.74, 6) is 1.78. The number of hydrogen-bond acceptors (Lipinski definition) is 1. The standard InChI is InChI=1S/C16H22N4/c1-17-16(20-10-12-6-7-12)18-9-8-13-11-19-15-5-3-2-4-14(13)15/h2-5,11-12,19H,6-10H2,1H3,(H2,17,18,20). The summed E-state index contributed by atoms with van der Waals surface area (Å²) in [6, 6.07) is 8.43. The molecule has 1 aliphatic carbocycles. The lowest BCUT2D eigenvalue weighted by molar-refractivity contribution is 0.735. The van der Waals surface area contributed by atoms with Crippen LogP contribution in [0.1, 0.15) is 18.4 Å². The Balaban J connectivity index is 1.51. The number of para-hydroxylation sites is 1. The fourth-order valence-electron chi connectivity index (χ4n) is 2.44. The maximum atomic E-state index is 4.26. The number of hydrogen-bond donors (Lipinski definition) is 3. The summed E-state index contributed by atoms with van der Waals surface area (Å²) >= 11 is 0. The molecule has 4 heteroatoms. The number of aromatic amines is 1. The van der Waals surface area contributed by atoms with Crippen molar-refractivity contribution < 1.29 is 0 Å². The van der Waals surface area contributed by atoms with Crippen molar-refractivity contribution in [2.24, 2.45) is 10.9 Å². The first-order valence-corrected chi connectivity index (χ1v) is 7.36. The molecule has 3 rings (SSSR count). The molecule has 1 aromatic heterocycles. The number of H-pyrrole nitrogens is 1. The van der Waals surface area contributed by atoms with Gasteiger partial charge < -0.3 is 15.6 Å². The maximum Gasteiger partial charge on any atom is 0.190 e. The van der Waals surface area contributed by atoms with Crippen LogP contribution in [0.4, 0.5) is 0 Å². The van der Waals surface area contributed by atoms with Gasteiger partial charge in [0.25, 0.3) is 0 Å². The third kappa shape index (κ3) is 3.13. The van der Waals surface area contributed by atoms with Crippen LogP contribution in [0.3, 0.4) is 0 Å². The van der Waals surface area contributed by atoms with Gasteiger partial charge in [-0.15, -0.1) is 0 Å². The Bertz CT molecular complexity index is 595. The molecule has 20 heavy (non-hydrogen) atoms. The van der Waals surface area contributed by atoms with Gasteiger partial charge in [-0.2, -0.15) is 0 Å². The SMILES string of the molecule is CN=C(NCCc1c[nH]c2ccccc12)NCC1CC1. The van der Waals surface area contributed by atoms with Crippen LogP contribution in [0.25, 0.3) is 10.9 Å². The predicted octanol–water partition coefficient (Wildman–Crippen LogP) is 2.29. The summed E-state index contributed by atoms with van der Waals surface area (Å²) in [6.45, 7) is 1.94. The van der Waals surface area contributed by atoms with E-state index in [0.29, 0.717) is 0 Å². The van der Waals surface area contributed by atoms with Crippen molar-refractivity contribution in [3.63, 3.8) is 0 Å². The second-order valence-electron chi connectivity index (χ2n) is 5.43. The predicted molar refractivity (Wildman–Crippen MR) is 84.1 cm³/mol. The van der Waals surface area contributed by atoms with Crippen LogP contribution in [-0.4, -0.2) is 31.1 Å². The highest BCUT2D eigenvalue weighted by atomic mass is 15.2. The first-order valence-electron chi connectivity index (χ1n) is 7.36. The van der Waals surface area contributed by atoms with Crippen LogP contribution in [0, 0.1) is 5.92 Å². The van der Waals surface area contributed by atoms with Crippen molar-refractivity contribution in [2.75, 3.05) is 20.1 Å². The lowest BCUT2D eigenvalue weighted by atomic mass is 10.1. The van der Waals surface area contributed by atoms with Gasteiger partial charge >= 0.3 is 0 Å². The van der Waals surface area contributed by atoms with E-state index in [1.54, 1.807) is 0 Å². The number of benzene rings is 1. The molecule has 0 unspecified atom stereocenters. The molecule has 2 aromatic rings. The van der Waals surface area contributed by atoms with E-state index in [1.165, 1.54) is 29.3 Å². The van der Waals surface area contributed by atoms with Gasteiger partial charge in [-0.25, -0.2) is 0 Å². The Labute approximate surface area is 119 Å². The summed E-state index contributed by atoms with van der Waals surface area (Å²) in [5, 5.41) is 8.08. The lowest BCUT2D eigenvalue weighted by Crippen LogP contribution is -2.39. The number of aromatic nitrogens is 1. The Morgan fingerprint density at radius 3 is 2.95 bits per heavy atom. The monoisotopic (exact) mass is 270 g/mol. The molecule has 106 valence electrons. The molecule has 1 saturated carbocycles. The summed E-state index contributed by atoms with van der Waals surface area (Å²) < 4.78 is 0. The van der Waals surface area contributed by atoms with E-state index in [-0.39, 0.29) is 0 Å². The summed E-state index contributed by atoms with van der Waals surface area (Å²) in [5.41, 5.74) is 2.56. The number of nitrogens with one attached hydrogen (secondary N) is 3. The minimum absolute atomic E-state index is 0.863. The number of nitrogens with zero attached hydrogens (tertiary/aromatic N) is 1. The third-order valence-electron chi connectivity index (χ3n) is 3.84.